The number of fused-ring (bicyclic) bond motifs is 1. The monoisotopic (exact) mass is 364 g/mol. The second-order valence-corrected chi connectivity index (χ2v) is 6.34. The molecular weight excluding hydrogens is 340 g/mol. The summed E-state index contributed by atoms with van der Waals surface area (Å²) in [7, 11) is 1.45. The van der Waals surface area contributed by atoms with E-state index >= 15 is 0 Å². The van der Waals surface area contributed by atoms with Crippen LogP contribution in [0.25, 0.3) is 0 Å². The fourth-order valence-corrected chi connectivity index (χ4v) is 2.82. The van der Waals surface area contributed by atoms with Crippen molar-refractivity contribution < 1.29 is 34.4 Å². The molecular formula is C19H24O7. The van der Waals surface area contributed by atoms with Gasteiger partial charge < -0.3 is 24.8 Å². The number of carbonyl (C=O) groups excluding carboxylic acids is 2. The van der Waals surface area contributed by atoms with Crippen molar-refractivity contribution in [1.82, 2.24) is 0 Å². The van der Waals surface area contributed by atoms with Crippen LogP contribution < -0.4 is 4.74 Å². The Morgan fingerprint density at radius 3 is 2.65 bits per heavy atom. The summed E-state index contributed by atoms with van der Waals surface area (Å²) in [6, 6.07) is 2.96. The molecule has 1 heterocycles. The topological polar surface area (TPSA) is 113 Å². The standard InChI is InChI=1S/C19H24O7/c1-11-5-3-7-14(20)18(23)15(21)8-4-6-12-9-13(25-2)10-16(22)17(12)19(24)26-11/h3,7,9-11,15,18,21-23H,4-6,8H2,1-2H3/b7-3-/t11?,15-,18?/m0/s1. The molecule has 0 spiro atoms. The van der Waals surface area contributed by atoms with E-state index in [4.69, 9.17) is 9.47 Å². The Morgan fingerprint density at radius 2 is 1.96 bits per heavy atom. The van der Waals surface area contributed by atoms with E-state index in [1.165, 1.54) is 25.3 Å². The van der Waals surface area contributed by atoms with E-state index in [1.54, 1.807) is 13.0 Å². The van der Waals surface area contributed by atoms with Crippen molar-refractivity contribution in [1.29, 1.82) is 0 Å². The molecule has 0 radical (unpaired) electrons. The minimum Gasteiger partial charge on any atom is -0.507 e. The maximum atomic E-state index is 12.5. The van der Waals surface area contributed by atoms with Gasteiger partial charge >= 0.3 is 5.97 Å². The molecule has 142 valence electrons. The molecule has 1 aromatic rings. The molecule has 0 aromatic heterocycles. The minimum atomic E-state index is -1.50. The third-order valence-electron chi connectivity index (χ3n) is 4.27. The normalized spacial score (nSPS) is 26.4. The Hall–Kier alpha value is -2.38. The first-order valence-corrected chi connectivity index (χ1v) is 8.50. The molecule has 0 amide bonds. The SMILES string of the molecule is COc1cc(O)c2c(c1)CCC[C@H](O)C(O)C(=O)/C=C\CC(C)OC2=O. The first-order chi connectivity index (χ1) is 12.3. The lowest BCUT2D eigenvalue weighted by Crippen LogP contribution is -2.33. The summed E-state index contributed by atoms with van der Waals surface area (Å²) in [6.07, 6.45) is 0.556. The molecule has 7 nitrogen and oxygen atoms in total. The number of phenols is 1. The fraction of sp³-hybridized carbons (Fsp3) is 0.474. The van der Waals surface area contributed by atoms with E-state index in [2.05, 4.69) is 0 Å². The van der Waals surface area contributed by atoms with Crippen LogP contribution in [0.1, 0.15) is 42.1 Å². The number of methoxy groups -OCH3 is 1. The van der Waals surface area contributed by atoms with Gasteiger partial charge in [0.25, 0.3) is 0 Å². The van der Waals surface area contributed by atoms with Crippen LogP contribution >= 0.6 is 0 Å². The van der Waals surface area contributed by atoms with Gasteiger partial charge in [-0.15, -0.1) is 0 Å². The zero-order valence-corrected chi connectivity index (χ0v) is 14.8. The summed E-state index contributed by atoms with van der Waals surface area (Å²) in [4.78, 5) is 24.3. The summed E-state index contributed by atoms with van der Waals surface area (Å²) < 4.78 is 10.5. The number of phenolic OH excluding ortho intramolecular Hbond substituents is 1. The van der Waals surface area contributed by atoms with E-state index in [0.717, 1.165) is 0 Å². The zero-order chi connectivity index (χ0) is 19.3. The van der Waals surface area contributed by atoms with E-state index in [9.17, 15) is 24.9 Å². The van der Waals surface area contributed by atoms with E-state index < -0.39 is 30.1 Å². The number of cyclic esters (lactones) is 1. The summed E-state index contributed by atoms with van der Waals surface area (Å²) in [6.45, 7) is 1.66. The van der Waals surface area contributed by atoms with Crippen LogP contribution in [0.4, 0.5) is 0 Å². The molecule has 26 heavy (non-hydrogen) atoms. The highest BCUT2D eigenvalue weighted by molar-refractivity contribution is 5.95. The molecule has 1 aromatic carbocycles. The van der Waals surface area contributed by atoms with Crippen molar-refractivity contribution in [3.63, 3.8) is 0 Å². The van der Waals surface area contributed by atoms with Crippen molar-refractivity contribution in [2.24, 2.45) is 0 Å². The van der Waals surface area contributed by atoms with Gasteiger partial charge in [-0.3, -0.25) is 4.79 Å². The predicted octanol–water partition coefficient (Wildman–Crippen LogP) is 1.52. The molecule has 0 fully saturated rings. The maximum Gasteiger partial charge on any atom is 0.342 e. The molecule has 1 aliphatic rings. The summed E-state index contributed by atoms with van der Waals surface area (Å²) in [5, 5.41) is 30.1. The van der Waals surface area contributed by atoms with Gasteiger partial charge in [-0.05, 0) is 43.9 Å². The smallest absolute Gasteiger partial charge is 0.342 e. The number of hydrogen-bond acceptors (Lipinski definition) is 7. The number of hydrogen-bond donors (Lipinski definition) is 3. The van der Waals surface area contributed by atoms with Crippen molar-refractivity contribution in [2.45, 2.75) is 50.9 Å². The predicted molar refractivity (Wildman–Crippen MR) is 93.3 cm³/mol. The lowest BCUT2D eigenvalue weighted by Gasteiger charge is -2.18. The van der Waals surface area contributed by atoms with Crippen LogP contribution in [-0.4, -0.2) is 52.5 Å². The molecule has 3 N–H and O–H groups in total. The lowest BCUT2D eigenvalue weighted by atomic mass is 9.97. The van der Waals surface area contributed by atoms with Crippen molar-refractivity contribution in [3.8, 4) is 11.5 Å². The molecule has 2 rings (SSSR count). The number of ketones is 1. The highest BCUT2D eigenvalue weighted by Crippen LogP contribution is 2.30. The Labute approximate surface area is 151 Å². The van der Waals surface area contributed by atoms with Gasteiger partial charge in [0.2, 0.25) is 0 Å². The van der Waals surface area contributed by atoms with Crippen LogP contribution in [0.2, 0.25) is 0 Å². The fourth-order valence-electron chi connectivity index (χ4n) is 2.82. The second kappa shape index (κ2) is 8.82. The van der Waals surface area contributed by atoms with Gasteiger partial charge in [-0.1, -0.05) is 6.08 Å². The number of rotatable bonds is 1. The van der Waals surface area contributed by atoms with Crippen LogP contribution in [-0.2, 0) is 16.0 Å². The Morgan fingerprint density at radius 1 is 1.23 bits per heavy atom. The highest BCUT2D eigenvalue weighted by atomic mass is 16.5. The van der Waals surface area contributed by atoms with Crippen LogP contribution in [0.3, 0.4) is 0 Å². The average Bonchev–Trinajstić information content (AvgIpc) is 2.59. The van der Waals surface area contributed by atoms with Gasteiger partial charge in [0.15, 0.2) is 5.78 Å². The molecule has 0 saturated heterocycles. The second-order valence-electron chi connectivity index (χ2n) is 6.34. The first kappa shape index (κ1) is 19.9. The number of aliphatic hydroxyl groups is 2. The molecule has 2 unspecified atom stereocenters. The van der Waals surface area contributed by atoms with Crippen LogP contribution in [0.5, 0.6) is 11.5 Å². The first-order valence-electron chi connectivity index (χ1n) is 8.50. The van der Waals surface area contributed by atoms with Crippen molar-refractivity contribution in [2.75, 3.05) is 7.11 Å². The molecule has 3 atom stereocenters. The minimum absolute atomic E-state index is 0.0600. The quantitative estimate of drug-likeness (QED) is 0.648. The summed E-state index contributed by atoms with van der Waals surface area (Å²) in [5.74, 6) is -1.10. The zero-order valence-electron chi connectivity index (χ0n) is 14.8. The van der Waals surface area contributed by atoms with Crippen LogP contribution in [0, 0.1) is 0 Å². The van der Waals surface area contributed by atoms with E-state index in [1.807, 2.05) is 0 Å². The molecule has 7 heteroatoms. The number of carbonyl (C=O) groups is 2. The number of ether oxygens (including phenoxy) is 2. The number of aromatic hydroxyl groups is 1. The van der Waals surface area contributed by atoms with Gasteiger partial charge in [0.1, 0.15) is 29.3 Å². The number of aliphatic hydroxyl groups excluding tert-OH is 2. The average molecular weight is 364 g/mol. The van der Waals surface area contributed by atoms with E-state index in [-0.39, 0.29) is 24.2 Å². The van der Waals surface area contributed by atoms with Gasteiger partial charge in [0.05, 0.1) is 13.2 Å². The van der Waals surface area contributed by atoms with Gasteiger partial charge in [-0.2, -0.15) is 0 Å². The number of benzene rings is 1. The highest BCUT2D eigenvalue weighted by Gasteiger charge is 2.25. The third kappa shape index (κ3) is 4.83. The Balaban J connectivity index is 2.36. The maximum absolute atomic E-state index is 12.5. The molecule has 0 aliphatic carbocycles. The van der Waals surface area contributed by atoms with Gasteiger partial charge in [0, 0.05) is 12.5 Å². The molecule has 1 aliphatic heterocycles. The number of esters is 1. The summed E-state index contributed by atoms with van der Waals surface area (Å²) >= 11 is 0. The number of aryl methyl sites for hydroxylation is 1. The van der Waals surface area contributed by atoms with Crippen molar-refractivity contribution >= 4 is 11.8 Å². The lowest BCUT2D eigenvalue weighted by molar-refractivity contribution is -0.128. The molecule has 0 saturated carbocycles. The molecule has 0 bridgehead atoms. The van der Waals surface area contributed by atoms with Crippen LogP contribution in [0.15, 0.2) is 24.3 Å². The Kier molecular flexibility index (Phi) is 6.76. The van der Waals surface area contributed by atoms with Gasteiger partial charge in [-0.25, -0.2) is 4.79 Å². The summed E-state index contributed by atoms with van der Waals surface area (Å²) in [5.41, 5.74) is 0.574. The van der Waals surface area contributed by atoms with Crippen molar-refractivity contribution in [3.05, 3.63) is 35.4 Å². The third-order valence-corrected chi connectivity index (χ3v) is 4.27. The largest absolute Gasteiger partial charge is 0.507 e. The van der Waals surface area contributed by atoms with E-state index in [0.29, 0.717) is 24.2 Å². The Bertz CT molecular complexity index is 695.